The zero-order chi connectivity index (χ0) is 15.8. The van der Waals surface area contributed by atoms with Gasteiger partial charge in [0.1, 0.15) is 0 Å². The minimum Gasteiger partial charge on any atom is -0.313 e. The molecule has 0 saturated heterocycles. The van der Waals surface area contributed by atoms with Crippen LogP contribution < -0.4 is 5.32 Å². The molecule has 0 aliphatic heterocycles. The Bertz CT molecular complexity index is 406. The van der Waals surface area contributed by atoms with Crippen molar-refractivity contribution in [3.63, 3.8) is 0 Å². The Morgan fingerprint density at radius 3 is 2.38 bits per heavy atom. The van der Waals surface area contributed by atoms with Crippen LogP contribution in [-0.2, 0) is 0 Å². The predicted octanol–water partition coefficient (Wildman–Crippen LogP) is 4.75. The van der Waals surface area contributed by atoms with Crippen LogP contribution in [0.3, 0.4) is 0 Å². The Kier molecular flexibility index (Phi) is 8.31. The molecule has 120 valence electrons. The lowest BCUT2D eigenvalue weighted by Crippen LogP contribution is -2.35. The van der Waals surface area contributed by atoms with E-state index >= 15 is 0 Å². The molecule has 1 aromatic rings. The molecule has 1 rings (SSSR count). The van der Waals surface area contributed by atoms with Gasteiger partial charge in [-0.05, 0) is 51.3 Å². The first-order chi connectivity index (χ1) is 9.91. The van der Waals surface area contributed by atoms with Crippen molar-refractivity contribution >= 4 is 11.6 Å². The molecule has 2 unspecified atom stereocenters. The van der Waals surface area contributed by atoms with Crippen LogP contribution in [0.5, 0.6) is 0 Å². The smallest absolute Gasteiger partial charge is 0.0453 e. The van der Waals surface area contributed by atoms with E-state index in [1.807, 2.05) is 12.1 Å². The van der Waals surface area contributed by atoms with Crippen molar-refractivity contribution in [1.82, 2.24) is 10.2 Å². The van der Waals surface area contributed by atoms with Gasteiger partial charge in [-0.2, -0.15) is 0 Å². The van der Waals surface area contributed by atoms with Gasteiger partial charge in [-0.1, -0.05) is 43.6 Å². The van der Waals surface area contributed by atoms with Gasteiger partial charge in [0.2, 0.25) is 0 Å². The summed E-state index contributed by atoms with van der Waals surface area (Å²) in [7, 11) is 2.16. The third-order valence-electron chi connectivity index (χ3n) is 4.15. The van der Waals surface area contributed by atoms with Gasteiger partial charge in [-0.25, -0.2) is 0 Å². The number of rotatable bonds is 9. The van der Waals surface area contributed by atoms with Crippen LogP contribution in [-0.4, -0.2) is 31.1 Å². The summed E-state index contributed by atoms with van der Waals surface area (Å²) < 4.78 is 0. The maximum absolute atomic E-state index is 6.28. The molecule has 3 heteroatoms. The van der Waals surface area contributed by atoms with Gasteiger partial charge in [0.25, 0.3) is 0 Å². The molecule has 0 amide bonds. The van der Waals surface area contributed by atoms with E-state index in [0.717, 1.165) is 24.0 Å². The first kappa shape index (κ1) is 18.5. The number of nitrogens with one attached hydrogen (secondary N) is 1. The summed E-state index contributed by atoms with van der Waals surface area (Å²) in [5, 5.41) is 4.47. The summed E-state index contributed by atoms with van der Waals surface area (Å²) in [6.45, 7) is 11.1. The molecule has 0 aromatic heterocycles. The number of nitrogens with zero attached hydrogens (tertiary/aromatic N) is 1. The molecule has 0 heterocycles. The van der Waals surface area contributed by atoms with Crippen molar-refractivity contribution < 1.29 is 0 Å². The van der Waals surface area contributed by atoms with Crippen LogP contribution in [0.1, 0.15) is 52.1 Å². The zero-order valence-electron chi connectivity index (χ0n) is 14.2. The highest BCUT2D eigenvalue weighted by molar-refractivity contribution is 6.31. The van der Waals surface area contributed by atoms with Crippen molar-refractivity contribution in [2.24, 2.45) is 5.92 Å². The highest BCUT2D eigenvalue weighted by Gasteiger charge is 2.14. The van der Waals surface area contributed by atoms with Gasteiger partial charge >= 0.3 is 0 Å². The molecule has 2 nitrogen and oxygen atoms in total. The third kappa shape index (κ3) is 6.82. The van der Waals surface area contributed by atoms with Crippen molar-refractivity contribution in [3.8, 4) is 0 Å². The molecular formula is C18H31ClN2. The van der Waals surface area contributed by atoms with E-state index < -0.39 is 0 Å². The largest absolute Gasteiger partial charge is 0.313 e. The molecule has 0 bridgehead atoms. The van der Waals surface area contributed by atoms with E-state index in [2.05, 4.69) is 57.1 Å². The fraction of sp³-hybridized carbons (Fsp3) is 0.667. The molecule has 1 aromatic carbocycles. The Morgan fingerprint density at radius 1 is 1.10 bits per heavy atom. The van der Waals surface area contributed by atoms with Gasteiger partial charge in [-0.15, -0.1) is 0 Å². The SMILES string of the molecule is CC(C)CCC(C)NCCN(C)C(C)c1ccccc1Cl. The molecular weight excluding hydrogens is 280 g/mol. The monoisotopic (exact) mass is 310 g/mol. The second kappa shape index (κ2) is 9.45. The van der Waals surface area contributed by atoms with Crippen LogP contribution in [0.2, 0.25) is 5.02 Å². The molecule has 0 aliphatic carbocycles. The summed E-state index contributed by atoms with van der Waals surface area (Å²) >= 11 is 6.28. The Morgan fingerprint density at radius 2 is 1.76 bits per heavy atom. The second-order valence-corrected chi connectivity index (χ2v) is 6.91. The number of halogens is 1. The average molecular weight is 311 g/mol. The summed E-state index contributed by atoms with van der Waals surface area (Å²) in [4.78, 5) is 2.35. The topological polar surface area (TPSA) is 15.3 Å². The van der Waals surface area contributed by atoms with Gasteiger partial charge in [0.05, 0.1) is 0 Å². The van der Waals surface area contributed by atoms with E-state index in [1.165, 1.54) is 18.4 Å². The van der Waals surface area contributed by atoms with E-state index in [9.17, 15) is 0 Å². The average Bonchev–Trinajstić information content (AvgIpc) is 2.44. The highest BCUT2D eigenvalue weighted by Crippen LogP contribution is 2.25. The molecule has 21 heavy (non-hydrogen) atoms. The predicted molar refractivity (Wildman–Crippen MR) is 94.0 cm³/mol. The van der Waals surface area contributed by atoms with Crippen LogP contribution in [0, 0.1) is 5.92 Å². The quantitative estimate of drug-likeness (QED) is 0.708. The summed E-state index contributed by atoms with van der Waals surface area (Å²) in [6, 6.07) is 9.05. The maximum Gasteiger partial charge on any atom is 0.0453 e. The fourth-order valence-electron chi connectivity index (χ4n) is 2.42. The standard InChI is InChI=1S/C18H31ClN2/c1-14(2)10-11-15(3)20-12-13-21(5)16(4)17-8-6-7-9-18(17)19/h6-9,14-16,20H,10-13H2,1-5H3. The molecule has 0 aliphatic rings. The lowest BCUT2D eigenvalue weighted by Gasteiger charge is -2.26. The van der Waals surface area contributed by atoms with E-state index in [-0.39, 0.29) is 0 Å². The molecule has 0 fully saturated rings. The van der Waals surface area contributed by atoms with Gasteiger partial charge < -0.3 is 5.32 Å². The number of hydrogen-bond donors (Lipinski definition) is 1. The molecule has 1 N–H and O–H groups in total. The van der Waals surface area contributed by atoms with Crippen LogP contribution in [0.4, 0.5) is 0 Å². The first-order valence-electron chi connectivity index (χ1n) is 8.09. The van der Waals surface area contributed by atoms with Crippen LogP contribution in [0.25, 0.3) is 0 Å². The summed E-state index contributed by atoms with van der Waals surface area (Å²) in [5.41, 5.74) is 1.20. The molecule has 0 radical (unpaired) electrons. The van der Waals surface area contributed by atoms with Crippen molar-refractivity contribution in [1.29, 1.82) is 0 Å². The van der Waals surface area contributed by atoms with Crippen molar-refractivity contribution in [3.05, 3.63) is 34.9 Å². The van der Waals surface area contributed by atoms with E-state index in [1.54, 1.807) is 0 Å². The first-order valence-corrected chi connectivity index (χ1v) is 8.47. The number of benzene rings is 1. The second-order valence-electron chi connectivity index (χ2n) is 6.50. The highest BCUT2D eigenvalue weighted by atomic mass is 35.5. The van der Waals surface area contributed by atoms with Crippen molar-refractivity contribution in [2.45, 2.75) is 52.6 Å². The summed E-state index contributed by atoms with van der Waals surface area (Å²) in [5.74, 6) is 0.789. The van der Waals surface area contributed by atoms with Gasteiger partial charge in [-0.3, -0.25) is 4.90 Å². The number of hydrogen-bond acceptors (Lipinski definition) is 2. The molecule has 2 atom stereocenters. The minimum absolute atomic E-state index is 0.339. The maximum atomic E-state index is 6.28. The minimum atomic E-state index is 0.339. The van der Waals surface area contributed by atoms with Crippen LogP contribution in [0.15, 0.2) is 24.3 Å². The lowest BCUT2D eigenvalue weighted by molar-refractivity contribution is 0.256. The van der Waals surface area contributed by atoms with E-state index in [0.29, 0.717) is 12.1 Å². The Hall–Kier alpha value is -0.570. The zero-order valence-corrected chi connectivity index (χ0v) is 15.0. The third-order valence-corrected chi connectivity index (χ3v) is 4.50. The lowest BCUT2D eigenvalue weighted by atomic mass is 10.0. The molecule has 0 spiro atoms. The fourth-order valence-corrected chi connectivity index (χ4v) is 2.71. The van der Waals surface area contributed by atoms with E-state index in [4.69, 9.17) is 11.6 Å². The number of likely N-dealkylation sites (N-methyl/N-ethyl adjacent to an activating group) is 1. The van der Waals surface area contributed by atoms with Gasteiger partial charge in [0.15, 0.2) is 0 Å². The van der Waals surface area contributed by atoms with Crippen LogP contribution >= 0.6 is 11.6 Å². The normalized spacial score (nSPS) is 14.7. The summed E-state index contributed by atoms with van der Waals surface area (Å²) in [6.07, 6.45) is 2.54. The van der Waals surface area contributed by atoms with Crippen molar-refractivity contribution in [2.75, 3.05) is 20.1 Å². The van der Waals surface area contributed by atoms with Gasteiger partial charge in [0, 0.05) is 30.2 Å². The Balaban J connectivity index is 2.33. The Labute approximate surface area is 135 Å². The molecule has 0 saturated carbocycles.